The number of halogens is 7. The van der Waals surface area contributed by atoms with Gasteiger partial charge in [0.15, 0.2) is 5.50 Å². The van der Waals surface area contributed by atoms with Crippen LogP contribution in [0.2, 0.25) is 0 Å². The molecule has 6 nitrogen and oxygen atoms in total. The fraction of sp³-hybridized carbons (Fsp3) is 0.458. The molecule has 0 saturated carbocycles. The van der Waals surface area contributed by atoms with Crippen LogP contribution in [-0.2, 0) is 11.2 Å². The first-order chi connectivity index (χ1) is 17.9. The number of benzene rings is 2. The number of aryl methyl sites for hydroxylation is 1. The molecule has 0 bridgehead atoms. The third kappa shape index (κ3) is 5.75. The van der Waals surface area contributed by atoms with Crippen molar-refractivity contribution in [2.45, 2.75) is 41.8 Å². The summed E-state index contributed by atoms with van der Waals surface area (Å²) in [6.45, 7) is 3.15. The lowest BCUT2D eigenvalue weighted by Gasteiger charge is -2.43. The highest BCUT2D eigenvalue weighted by Gasteiger charge is 2.46. The fourth-order valence-electron chi connectivity index (χ4n) is 5.14. The first-order valence-electron chi connectivity index (χ1n) is 11.9. The summed E-state index contributed by atoms with van der Waals surface area (Å²) in [4.78, 5) is 18.1. The zero-order valence-electron chi connectivity index (χ0n) is 19.8. The molecule has 0 unspecified atom stereocenters. The van der Waals surface area contributed by atoms with Gasteiger partial charge in [0.25, 0.3) is 0 Å². The van der Waals surface area contributed by atoms with E-state index in [1.54, 1.807) is 17.0 Å². The maximum absolute atomic E-state index is 13.2. The van der Waals surface area contributed by atoms with E-state index < -0.39 is 29.7 Å². The molecule has 206 valence electrons. The van der Waals surface area contributed by atoms with Gasteiger partial charge in [0.1, 0.15) is 11.6 Å². The molecule has 38 heavy (non-hydrogen) atoms. The molecule has 0 aromatic heterocycles. The average molecular weight is 565 g/mol. The van der Waals surface area contributed by atoms with Gasteiger partial charge in [0, 0.05) is 49.3 Å². The van der Waals surface area contributed by atoms with E-state index in [0.29, 0.717) is 61.7 Å². The van der Waals surface area contributed by atoms with Gasteiger partial charge in [-0.05, 0) is 54.8 Å². The van der Waals surface area contributed by atoms with Gasteiger partial charge in [0.05, 0.1) is 5.69 Å². The number of piperazine rings is 1. The number of nitrogens with zero attached hydrogens (tertiary/aromatic N) is 3. The van der Waals surface area contributed by atoms with E-state index in [1.807, 2.05) is 5.32 Å². The summed E-state index contributed by atoms with van der Waals surface area (Å²) in [6.07, 6.45) is -9.14. The van der Waals surface area contributed by atoms with Crippen LogP contribution < -0.4 is 19.9 Å². The number of carbonyl (C=O) groups is 1. The number of rotatable bonds is 5. The van der Waals surface area contributed by atoms with E-state index in [0.717, 1.165) is 23.5 Å². The third-order valence-corrected chi connectivity index (χ3v) is 7.93. The highest BCUT2D eigenvalue weighted by atomic mass is 32.2. The summed E-state index contributed by atoms with van der Waals surface area (Å²) in [5.74, 6) is -2.89. The Morgan fingerprint density at radius 1 is 1.03 bits per heavy atom. The minimum atomic E-state index is -5.11. The Bertz CT molecular complexity index is 1180. The monoisotopic (exact) mass is 564 g/mol. The maximum atomic E-state index is 13.2. The molecule has 2 aromatic carbocycles. The highest BCUT2D eigenvalue weighted by Crippen LogP contribution is 2.51. The molecule has 1 saturated heterocycles. The predicted molar refractivity (Wildman–Crippen MR) is 127 cm³/mol. The summed E-state index contributed by atoms with van der Waals surface area (Å²) >= 11 is 0.861. The van der Waals surface area contributed by atoms with Crippen LogP contribution in [0.1, 0.15) is 12.0 Å². The largest absolute Gasteiger partial charge is 0.573 e. The van der Waals surface area contributed by atoms with Crippen LogP contribution in [0, 0.1) is 5.82 Å². The Hall–Kier alpha value is -2.87. The van der Waals surface area contributed by atoms with Gasteiger partial charge < -0.3 is 19.9 Å². The van der Waals surface area contributed by atoms with Gasteiger partial charge in [0.2, 0.25) is 0 Å². The third-order valence-electron chi connectivity index (χ3n) is 6.80. The quantitative estimate of drug-likeness (QED) is 0.530. The van der Waals surface area contributed by atoms with E-state index in [1.165, 1.54) is 18.2 Å². The number of nitrogens with one attached hydrogen (secondary N) is 1. The zero-order chi connectivity index (χ0) is 27.2. The zero-order valence-corrected chi connectivity index (χ0v) is 20.6. The second-order valence-electron chi connectivity index (χ2n) is 9.28. The standard InChI is InChI=1S/C24H23F7N4O2S/c25-15-2-5-16(6-3-15)34-9-7-33(8-10-34)13-17-4-1-14-11-18(37-24(29,30)31)12-19-20(14)35(17)22(38-19)32-21(36)23(26,27)28/h2-3,5-6,11-12,17,22H,1,4,7-10,13H2,(H,32,36)/t17-,22+/m0/s1. The molecular weight excluding hydrogens is 541 g/mol. The van der Waals surface area contributed by atoms with Crippen LogP contribution in [0.5, 0.6) is 5.75 Å². The van der Waals surface area contributed by atoms with E-state index in [2.05, 4.69) is 14.5 Å². The highest BCUT2D eigenvalue weighted by molar-refractivity contribution is 8.00. The molecule has 3 heterocycles. The van der Waals surface area contributed by atoms with Crippen LogP contribution in [0.3, 0.4) is 0 Å². The summed E-state index contributed by atoms with van der Waals surface area (Å²) in [6, 6.07) is 8.32. The lowest BCUT2D eigenvalue weighted by Crippen LogP contribution is -2.57. The molecular formula is C24H23F7N4O2S. The van der Waals surface area contributed by atoms with Gasteiger partial charge in [-0.25, -0.2) is 4.39 Å². The summed E-state index contributed by atoms with van der Waals surface area (Å²) in [5, 5.41) is 2.00. The molecule has 0 spiro atoms. The van der Waals surface area contributed by atoms with E-state index >= 15 is 0 Å². The molecule has 0 radical (unpaired) electrons. The Morgan fingerprint density at radius 2 is 1.71 bits per heavy atom. The lowest BCUT2D eigenvalue weighted by atomic mass is 9.95. The van der Waals surface area contributed by atoms with Crippen molar-refractivity contribution in [1.82, 2.24) is 10.2 Å². The number of anilines is 2. The van der Waals surface area contributed by atoms with Gasteiger partial charge in [-0.3, -0.25) is 9.69 Å². The molecule has 1 N–H and O–H groups in total. The fourth-order valence-corrected chi connectivity index (χ4v) is 6.47. The topological polar surface area (TPSA) is 48.1 Å². The molecule has 0 aliphatic carbocycles. The van der Waals surface area contributed by atoms with Gasteiger partial charge in [-0.15, -0.1) is 13.2 Å². The van der Waals surface area contributed by atoms with Crippen molar-refractivity contribution in [3.63, 3.8) is 0 Å². The smallest absolute Gasteiger partial charge is 0.406 e. The molecule has 5 rings (SSSR count). The minimum absolute atomic E-state index is 0.276. The molecule has 1 amide bonds. The van der Waals surface area contributed by atoms with Crippen LogP contribution >= 0.6 is 11.8 Å². The number of ether oxygens (including phenoxy) is 1. The molecule has 2 atom stereocenters. The van der Waals surface area contributed by atoms with Gasteiger partial charge in [-0.1, -0.05) is 11.8 Å². The number of alkyl halides is 6. The first kappa shape index (κ1) is 26.7. The van der Waals surface area contributed by atoms with Crippen LogP contribution in [0.25, 0.3) is 0 Å². The number of carbonyl (C=O) groups excluding carboxylic acids is 1. The van der Waals surface area contributed by atoms with Crippen molar-refractivity contribution in [2.24, 2.45) is 0 Å². The second kappa shape index (κ2) is 10.0. The van der Waals surface area contributed by atoms with Crippen LogP contribution in [0.15, 0.2) is 41.3 Å². The first-order valence-corrected chi connectivity index (χ1v) is 12.7. The van der Waals surface area contributed by atoms with E-state index in [4.69, 9.17) is 0 Å². The van der Waals surface area contributed by atoms with Crippen molar-refractivity contribution >= 4 is 29.0 Å². The maximum Gasteiger partial charge on any atom is 0.573 e. The molecule has 3 aliphatic heterocycles. The van der Waals surface area contributed by atoms with Crippen molar-refractivity contribution in [2.75, 3.05) is 42.5 Å². The summed E-state index contributed by atoms with van der Waals surface area (Å²) in [5.41, 5.74) is 0.809. The Balaban J connectivity index is 1.34. The van der Waals surface area contributed by atoms with Gasteiger partial charge >= 0.3 is 18.4 Å². The van der Waals surface area contributed by atoms with Crippen molar-refractivity contribution < 1.29 is 40.3 Å². The summed E-state index contributed by atoms with van der Waals surface area (Å²) in [7, 11) is 0. The van der Waals surface area contributed by atoms with Crippen molar-refractivity contribution in [1.29, 1.82) is 0 Å². The summed E-state index contributed by atoms with van der Waals surface area (Å²) < 4.78 is 95.0. The molecule has 1 fully saturated rings. The molecule has 14 heteroatoms. The number of hydrogen-bond acceptors (Lipinski definition) is 6. The second-order valence-corrected chi connectivity index (χ2v) is 10.4. The SMILES string of the molecule is O=C(N[C@H]1Sc2cc(OC(F)(F)F)cc3c2N1[C@H](CN1CCN(c2ccc(F)cc2)CC1)CC3)C(F)(F)F. The lowest BCUT2D eigenvalue weighted by molar-refractivity contribution is -0.274. The molecule has 2 aromatic rings. The number of amides is 1. The van der Waals surface area contributed by atoms with Crippen molar-refractivity contribution in [3.8, 4) is 5.75 Å². The minimum Gasteiger partial charge on any atom is -0.406 e. The average Bonchev–Trinajstić information content (AvgIpc) is 3.19. The normalized spacial score (nSPS) is 21.9. The Labute approximate surface area is 217 Å². The van der Waals surface area contributed by atoms with E-state index in [-0.39, 0.29) is 11.9 Å². The Kier molecular flexibility index (Phi) is 7.05. The number of hydrogen-bond donors (Lipinski definition) is 1. The Morgan fingerprint density at radius 3 is 2.34 bits per heavy atom. The van der Waals surface area contributed by atoms with Crippen molar-refractivity contribution in [3.05, 3.63) is 47.8 Å². The van der Waals surface area contributed by atoms with Gasteiger partial charge in [-0.2, -0.15) is 13.2 Å². The predicted octanol–water partition coefficient (Wildman–Crippen LogP) is 4.74. The molecule has 3 aliphatic rings. The van der Waals surface area contributed by atoms with Crippen LogP contribution in [-0.4, -0.2) is 67.6 Å². The van der Waals surface area contributed by atoms with E-state index in [9.17, 15) is 35.5 Å². The number of thioether (sulfide) groups is 1. The van der Waals surface area contributed by atoms with Crippen LogP contribution in [0.4, 0.5) is 42.1 Å².